The Morgan fingerprint density at radius 2 is 0.700 bits per heavy atom. The molecule has 3 aromatic rings. The Morgan fingerprint density at radius 3 is 0.940 bits per heavy atom. The highest BCUT2D eigenvalue weighted by molar-refractivity contribution is 5.98. The minimum Gasteiger partial charge on any atom is -0.453 e. The van der Waals surface area contributed by atoms with E-state index in [2.05, 4.69) is 79.7 Å². The molecule has 12 nitrogen and oxygen atoms in total. The maximum Gasteiger partial charge on any atom is 0.460 e. The second-order valence-corrected chi connectivity index (χ2v) is 12.8. The van der Waals surface area contributed by atoms with E-state index in [9.17, 15) is 0 Å². The van der Waals surface area contributed by atoms with Gasteiger partial charge in [-0.05, 0) is 63.5 Å². The van der Waals surface area contributed by atoms with Crippen LogP contribution in [0, 0.1) is 20.5 Å². The molecule has 0 saturated carbocycles. The van der Waals surface area contributed by atoms with Gasteiger partial charge in [0.25, 0.3) is 0 Å². The Hall–Kier alpha value is -3.14. The van der Waals surface area contributed by atoms with E-state index in [1.165, 1.54) is 44.5 Å². The zero-order valence-corrected chi connectivity index (χ0v) is 31.1. The Kier molecular flexibility index (Phi) is 14.4. The molecule has 3 aromatic heterocycles. The van der Waals surface area contributed by atoms with Crippen LogP contribution in [0.15, 0.2) is 41.9 Å². The predicted octanol–water partition coefficient (Wildman–Crippen LogP) is 2.00. The van der Waals surface area contributed by atoms with E-state index < -0.39 is 20.5 Å². The smallest absolute Gasteiger partial charge is 0.453 e. The fourth-order valence-electron chi connectivity index (χ4n) is 6.70. The average Bonchev–Trinajstić information content (AvgIpc) is 3.78. The van der Waals surface area contributed by atoms with Crippen molar-refractivity contribution in [1.82, 2.24) is 0 Å². The number of hydrogen-bond acceptors (Lipinski definition) is 10. The molecule has 0 atom stereocenters. The number of aryl methyl sites for hydroxylation is 4. The third kappa shape index (κ3) is 9.59. The SMILES string of the molecule is CCC1=C(CC)c2[o+]c1ccc1oc(c(CC)c1CC)c1oc(ccc3[o+]c2C(CC)=C3CC)c(CC)c1CC.[O-][Cl+3]([O-])([O-])[O-].[O-][Cl+3]([O-])([O-])[O-]. The molecule has 0 unspecified atom stereocenters. The van der Waals surface area contributed by atoms with Crippen molar-refractivity contribution in [3.63, 3.8) is 0 Å². The summed E-state index contributed by atoms with van der Waals surface area (Å²) in [5, 5.41) is 0. The summed E-state index contributed by atoms with van der Waals surface area (Å²) in [6.07, 6.45) is 7.08. The maximum absolute atomic E-state index is 8.49. The highest BCUT2D eigenvalue weighted by Gasteiger charge is 2.45. The first-order valence-electron chi connectivity index (χ1n) is 16.7. The monoisotopic (exact) mass is 738 g/mol. The number of allylic oxidation sites excluding steroid dienone is 4. The molecule has 0 aromatic carbocycles. The van der Waals surface area contributed by atoms with Crippen molar-refractivity contribution < 1.29 is 75.4 Å². The molecule has 5 rings (SSSR count). The molecule has 14 heteroatoms. The summed E-state index contributed by atoms with van der Waals surface area (Å²) in [6.45, 7) is 17.6. The summed E-state index contributed by atoms with van der Waals surface area (Å²) in [5.74, 6) is 3.50. The number of rotatable bonds is 8. The largest absolute Gasteiger partial charge is 0.460 e. The molecule has 2 aliphatic rings. The standard InChI is InChI=1S/C36H44O4.2ClHO4/c1-9-21-25(13-5)33-34-26(14-6)22(10-2)31(38-34)19-20-32-24(12-4)28(16-8)36(40-32)35-27(15-7)23(11-3)30(39-35)18-17-29(21)37-33;2*2-1(3,4)5/h17-20H,9-16H2,1-8H3;2*(H,2,3,4,5)/q+2;;/p-2. The fourth-order valence-corrected chi connectivity index (χ4v) is 6.70. The van der Waals surface area contributed by atoms with E-state index in [0.717, 1.165) is 96.7 Å². The van der Waals surface area contributed by atoms with Gasteiger partial charge >= 0.3 is 23.0 Å². The molecule has 0 saturated heterocycles. The second-order valence-electron chi connectivity index (χ2n) is 11.3. The molecule has 0 radical (unpaired) electrons. The minimum absolute atomic E-state index is 0.866. The maximum atomic E-state index is 8.49. The van der Waals surface area contributed by atoms with Crippen molar-refractivity contribution in [1.29, 1.82) is 0 Å². The highest BCUT2D eigenvalue weighted by Crippen LogP contribution is 2.45. The van der Waals surface area contributed by atoms with Crippen LogP contribution < -0.4 is 37.3 Å². The summed E-state index contributed by atoms with van der Waals surface area (Å²) in [5.41, 5.74) is 13.4. The molecule has 0 aliphatic carbocycles. The normalized spacial score (nSPS) is 13.3. The predicted molar refractivity (Wildman–Crippen MR) is 167 cm³/mol. The van der Waals surface area contributed by atoms with Gasteiger partial charge in [-0.1, -0.05) is 55.4 Å². The minimum atomic E-state index is -4.94. The lowest BCUT2D eigenvalue weighted by Crippen LogP contribution is -2.68. The van der Waals surface area contributed by atoms with Gasteiger partial charge in [0.15, 0.2) is 11.2 Å². The molecule has 0 fully saturated rings. The van der Waals surface area contributed by atoms with Gasteiger partial charge in [0.1, 0.15) is 11.2 Å². The molecular formula is C36H44Cl2O12. The summed E-state index contributed by atoms with van der Waals surface area (Å²) in [6, 6.07) is 8.37. The number of fused-ring (bicyclic) bond motifs is 10. The molecule has 2 aliphatic heterocycles. The van der Waals surface area contributed by atoms with Crippen molar-refractivity contribution >= 4 is 44.6 Å². The lowest BCUT2D eigenvalue weighted by molar-refractivity contribution is -2.00. The molecule has 0 amide bonds. The van der Waals surface area contributed by atoms with Gasteiger partial charge in [0.05, 0.1) is 22.3 Å². The second kappa shape index (κ2) is 17.4. The van der Waals surface area contributed by atoms with E-state index in [1.807, 2.05) is 0 Å². The van der Waals surface area contributed by atoms with E-state index in [1.54, 1.807) is 0 Å². The first-order valence-corrected chi connectivity index (χ1v) is 19.1. The topological polar surface area (TPSA) is 233 Å². The highest BCUT2D eigenvalue weighted by atomic mass is 35.7. The van der Waals surface area contributed by atoms with E-state index in [0.29, 0.717) is 0 Å². The lowest BCUT2D eigenvalue weighted by atomic mass is 9.95. The van der Waals surface area contributed by atoms with Crippen LogP contribution in [0.25, 0.3) is 44.6 Å². The summed E-state index contributed by atoms with van der Waals surface area (Å²) in [4.78, 5) is 0. The summed E-state index contributed by atoms with van der Waals surface area (Å²) < 4.78 is 94.7. The lowest BCUT2D eigenvalue weighted by Gasteiger charge is -2.17. The van der Waals surface area contributed by atoms with Crippen molar-refractivity contribution in [2.75, 3.05) is 0 Å². The zero-order valence-electron chi connectivity index (χ0n) is 29.6. The Bertz CT molecular complexity index is 1740. The van der Waals surface area contributed by atoms with Crippen LogP contribution in [0.1, 0.15) is 126 Å². The van der Waals surface area contributed by atoms with Gasteiger partial charge in [-0.25, -0.2) is 37.3 Å². The molecule has 8 bridgehead atoms. The molecule has 0 N–H and O–H groups in total. The van der Waals surface area contributed by atoms with Crippen LogP contribution in [-0.4, -0.2) is 0 Å². The molecule has 50 heavy (non-hydrogen) atoms. The third-order valence-electron chi connectivity index (χ3n) is 8.60. The van der Waals surface area contributed by atoms with Gasteiger partial charge in [-0.15, -0.1) is 20.5 Å². The summed E-state index contributed by atoms with van der Waals surface area (Å²) >= 11 is 0. The van der Waals surface area contributed by atoms with Gasteiger partial charge in [0.2, 0.25) is 0 Å². The molecule has 5 heterocycles. The van der Waals surface area contributed by atoms with Crippen molar-refractivity contribution in [3.05, 3.63) is 69.6 Å². The van der Waals surface area contributed by atoms with Crippen LogP contribution in [0.5, 0.6) is 0 Å². The van der Waals surface area contributed by atoms with Gasteiger partial charge < -0.3 is 8.83 Å². The van der Waals surface area contributed by atoms with Crippen LogP contribution in [0.3, 0.4) is 0 Å². The average molecular weight is 740 g/mol. The van der Waals surface area contributed by atoms with E-state index in [-0.39, 0.29) is 0 Å². The Morgan fingerprint density at radius 1 is 0.420 bits per heavy atom. The molecular weight excluding hydrogens is 695 g/mol. The first-order chi connectivity index (χ1) is 23.5. The Balaban J connectivity index is 0.000000595. The number of halogens is 2. The fraction of sp³-hybridized carbons (Fsp3) is 0.444. The van der Waals surface area contributed by atoms with Crippen molar-refractivity contribution in [2.45, 2.75) is 107 Å². The van der Waals surface area contributed by atoms with Crippen LogP contribution >= 0.6 is 0 Å². The van der Waals surface area contributed by atoms with Crippen LogP contribution in [-0.2, 0) is 25.7 Å². The zero-order chi connectivity index (χ0) is 37.6. The van der Waals surface area contributed by atoms with Crippen molar-refractivity contribution in [3.8, 4) is 0 Å². The van der Waals surface area contributed by atoms with Crippen molar-refractivity contribution in [2.24, 2.45) is 0 Å². The van der Waals surface area contributed by atoms with Crippen LogP contribution in [0.2, 0.25) is 0 Å². The quantitative estimate of drug-likeness (QED) is 0.302. The first kappa shape index (κ1) is 41.3. The third-order valence-corrected chi connectivity index (χ3v) is 8.60. The number of hydrogen-bond donors (Lipinski definition) is 0. The summed E-state index contributed by atoms with van der Waals surface area (Å²) in [7, 11) is -9.89. The van der Waals surface area contributed by atoms with Gasteiger partial charge in [-0.2, -0.15) is 8.83 Å². The van der Waals surface area contributed by atoms with E-state index >= 15 is 0 Å². The van der Waals surface area contributed by atoms with Crippen LogP contribution in [0.4, 0.5) is 0 Å². The molecule has 0 spiro atoms. The van der Waals surface area contributed by atoms with Gasteiger partial charge in [0, 0.05) is 34.4 Å². The molecule has 274 valence electrons. The Labute approximate surface area is 295 Å². The van der Waals surface area contributed by atoms with Gasteiger partial charge in [-0.3, -0.25) is 0 Å². The number of furan rings is 2. The van der Waals surface area contributed by atoms with E-state index in [4.69, 9.17) is 54.9 Å².